The Bertz CT molecular complexity index is 755. The fourth-order valence-electron chi connectivity index (χ4n) is 3.31. The van der Waals surface area contributed by atoms with Crippen molar-refractivity contribution in [1.29, 1.82) is 0 Å². The number of thiophene rings is 1. The van der Waals surface area contributed by atoms with Crippen molar-refractivity contribution < 1.29 is 33.3 Å². The lowest BCUT2D eigenvalue weighted by Gasteiger charge is -2.34. The summed E-state index contributed by atoms with van der Waals surface area (Å²) >= 11 is 1.01. The van der Waals surface area contributed by atoms with Gasteiger partial charge in [0.25, 0.3) is 0 Å². The first-order valence-electron chi connectivity index (χ1n) is 9.91. The average Bonchev–Trinajstić information content (AvgIpc) is 2.97. The van der Waals surface area contributed by atoms with E-state index in [1.807, 2.05) is 18.7 Å². The lowest BCUT2D eigenvalue weighted by atomic mass is 10.1. The van der Waals surface area contributed by atoms with Crippen LogP contribution in [0.4, 0.5) is 5.00 Å². The van der Waals surface area contributed by atoms with E-state index < -0.39 is 11.9 Å². The molecule has 1 saturated heterocycles. The number of rotatable bonds is 9. The molecule has 9 nitrogen and oxygen atoms in total. The zero-order chi connectivity index (χ0) is 22.3. The van der Waals surface area contributed by atoms with Crippen LogP contribution in [0.1, 0.15) is 46.4 Å². The molecule has 0 aromatic carbocycles. The number of ether oxygens (including phenoxy) is 4. The van der Waals surface area contributed by atoms with Crippen molar-refractivity contribution in [3.63, 3.8) is 0 Å². The Labute approximate surface area is 180 Å². The summed E-state index contributed by atoms with van der Waals surface area (Å²) in [5.74, 6) is -1.44. The highest BCUT2D eigenvalue weighted by molar-refractivity contribution is 7.18. The molecule has 30 heavy (non-hydrogen) atoms. The van der Waals surface area contributed by atoms with E-state index in [1.54, 1.807) is 13.8 Å². The van der Waals surface area contributed by atoms with Crippen LogP contribution in [-0.2, 0) is 23.7 Å². The third-order valence-corrected chi connectivity index (χ3v) is 5.64. The van der Waals surface area contributed by atoms with Gasteiger partial charge in [-0.3, -0.25) is 9.69 Å². The van der Waals surface area contributed by atoms with Gasteiger partial charge in [-0.15, -0.1) is 11.3 Å². The van der Waals surface area contributed by atoms with E-state index in [-0.39, 0.29) is 59.9 Å². The minimum absolute atomic E-state index is 0.0362. The van der Waals surface area contributed by atoms with Gasteiger partial charge < -0.3 is 24.3 Å². The summed E-state index contributed by atoms with van der Waals surface area (Å²) < 4.78 is 20.9. The molecule has 0 bridgehead atoms. The van der Waals surface area contributed by atoms with Gasteiger partial charge in [0, 0.05) is 20.2 Å². The van der Waals surface area contributed by atoms with Crippen LogP contribution in [-0.4, -0.2) is 81.5 Å². The van der Waals surface area contributed by atoms with Crippen molar-refractivity contribution in [2.24, 2.45) is 0 Å². The SMILES string of the molecule is CCOC(=O)c1c(NC(=O)CN2C[C@H](C)O[C@@H](C)C2)sc(C(=O)OCCOC)c1C. The smallest absolute Gasteiger partial charge is 0.348 e. The molecule has 0 unspecified atom stereocenters. The number of amides is 1. The Balaban J connectivity index is 2.17. The summed E-state index contributed by atoms with van der Waals surface area (Å²) in [4.78, 5) is 39.8. The van der Waals surface area contributed by atoms with E-state index in [0.29, 0.717) is 18.7 Å². The van der Waals surface area contributed by atoms with Crippen LogP contribution in [0.3, 0.4) is 0 Å². The molecule has 0 aliphatic carbocycles. The molecule has 1 N–H and O–H groups in total. The first kappa shape index (κ1) is 24.3. The Morgan fingerprint density at radius 1 is 1.13 bits per heavy atom. The molecule has 2 atom stereocenters. The molecule has 1 aromatic rings. The van der Waals surface area contributed by atoms with Gasteiger partial charge in [0.1, 0.15) is 16.5 Å². The molecule has 0 saturated carbocycles. The maximum absolute atomic E-state index is 12.7. The largest absolute Gasteiger partial charge is 0.462 e. The average molecular weight is 443 g/mol. The van der Waals surface area contributed by atoms with E-state index in [0.717, 1.165) is 11.3 Å². The Morgan fingerprint density at radius 3 is 2.40 bits per heavy atom. The molecule has 1 aliphatic heterocycles. The van der Waals surface area contributed by atoms with Crippen LogP contribution in [0.25, 0.3) is 0 Å². The summed E-state index contributed by atoms with van der Waals surface area (Å²) in [5, 5.41) is 3.06. The summed E-state index contributed by atoms with van der Waals surface area (Å²) in [6.45, 7) is 9.23. The fourth-order valence-corrected chi connectivity index (χ4v) is 4.42. The summed E-state index contributed by atoms with van der Waals surface area (Å²) in [7, 11) is 1.51. The van der Waals surface area contributed by atoms with Crippen molar-refractivity contribution in [2.75, 3.05) is 51.9 Å². The fraction of sp³-hybridized carbons (Fsp3) is 0.650. The lowest BCUT2D eigenvalue weighted by molar-refractivity contribution is -0.121. The lowest BCUT2D eigenvalue weighted by Crippen LogP contribution is -2.48. The van der Waals surface area contributed by atoms with Crippen LogP contribution in [0, 0.1) is 6.92 Å². The highest BCUT2D eigenvalue weighted by atomic mass is 32.1. The zero-order valence-corrected chi connectivity index (χ0v) is 18.9. The normalized spacial score (nSPS) is 19.4. The molecular weight excluding hydrogens is 412 g/mol. The van der Waals surface area contributed by atoms with E-state index in [4.69, 9.17) is 18.9 Å². The van der Waals surface area contributed by atoms with Gasteiger partial charge in [0.15, 0.2) is 0 Å². The third kappa shape index (κ3) is 6.49. The van der Waals surface area contributed by atoms with Crippen LogP contribution in [0.5, 0.6) is 0 Å². The molecule has 0 radical (unpaired) electrons. The monoisotopic (exact) mass is 442 g/mol. The van der Waals surface area contributed by atoms with Gasteiger partial charge in [-0.2, -0.15) is 0 Å². The second-order valence-electron chi connectivity index (χ2n) is 7.11. The van der Waals surface area contributed by atoms with Crippen molar-refractivity contribution in [3.8, 4) is 0 Å². The molecule has 1 fully saturated rings. The molecule has 2 rings (SSSR count). The van der Waals surface area contributed by atoms with Gasteiger partial charge in [-0.25, -0.2) is 9.59 Å². The number of hydrogen-bond donors (Lipinski definition) is 1. The molecular formula is C20H30N2O7S. The predicted molar refractivity (Wildman–Crippen MR) is 112 cm³/mol. The minimum atomic E-state index is -0.592. The number of hydrogen-bond acceptors (Lipinski definition) is 9. The van der Waals surface area contributed by atoms with E-state index >= 15 is 0 Å². The molecule has 0 spiro atoms. The number of morpholine rings is 1. The van der Waals surface area contributed by atoms with Crippen molar-refractivity contribution >= 4 is 34.2 Å². The number of nitrogens with one attached hydrogen (secondary N) is 1. The molecule has 168 valence electrons. The van der Waals surface area contributed by atoms with Crippen LogP contribution < -0.4 is 5.32 Å². The quantitative estimate of drug-likeness (QED) is 0.458. The highest BCUT2D eigenvalue weighted by Crippen LogP contribution is 2.34. The minimum Gasteiger partial charge on any atom is -0.462 e. The number of anilines is 1. The molecule has 2 heterocycles. The number of esters is 2. The van der Waals surface area contributed by atoms with Gasteiger partial charge in [-0.1, -0.05) is 0 Å². The number of carbonyl (C=O) groups excluding carboxylic acids is 3. The Morgan fingerprint density at radius 2 is 1.80 bits per heavy atom. The third-order valence-electron chi connectivity index (χ3n) is 4.45. The number of methoxy groups -OCH3 is 1. The molecule has 1 aromatic heterocycles. The maximum atomic E-state index is 12.7. The van der Waals surface area contributed by atoms with Gasteiger partial charge >= 0.3 is 11.9 Å². The standard InChI is InChI=1S/C20H30N2O7S/c1-6-27-19(24)16-14(4)17(20(25)28-8-7-26-5)30-18(16)21-15(23)11-22-9-12(2)29-13(3)10-22/h12-13H,6-11H2,1-5H3,(H,21,23)/t12-,13-/m0/s1. The van der Waals surface area contributed by atoms with Crippen molar-refractivity contribution in [3.05, 3.63) is 16.0 Å². The Kier molecular flexibility index (Phi) is 9.22. The first-order valence-corrected chi connectivity index (χ1v) is 10.7. The first-order chi connectivity index (χ1) is 14.3. The maximum Gasteiger partial charge on any atom is 0.348 e. The van der Waals surface area contributed by atoms with Crippen LogP contribution in [0.15, 0.2) is 0 Å². The molecule has 1 amide bonds. The van der Waals surface area contributed by atoms with Gasteiger partial charge in [-0.05, 0) is 33.3 Å². The van der Waals surface area contributed by atoms with E-state index in [9.17, 15) is 14.4 Å². The highest BCUT2D eigenvalue weighted by Gasteiger charge is 2.29. The van der Waals surface area contributed by atoms with Crippen LogP contribution >= 0.6 is 11.3 Å². The van der Waals surface area contributed by atoms with E-state index in [2.05, 4.69) is 5.32 Å². The van der Waals surface area contributed by atoms with Gasteiger partial charge in [0.05, 0.1) is 37.5 Å². The number of carbonyl (C=O) groups is 3. The molecule has 1 aliphatic rings. The van der Waals surface area contributed by atoms with Crippen LogP contribution in [0.2, 0.25) is 0 Å². The summed E-state index contributed by atoms with van der Waals surface area (Å²) in [5.41, 5.74) is 0.599. The second-order valence-corrected chi connectivity index (χ2v) is 8.13. The molecule has 10 heteroatoms. The number of nitrogens with zero attached hydrogens (tertiary/aromatic N) is 1. The van der Waals surface area contributed by atoms with Gasteiger partial charge in [0.2, 0.25) is 5.91 Å². The summed E-state index contributed by atoms with van der Waals surface area (Å²) in [6.07, 6.45) is 0.0724. The second kappa shape index (κ2) is 11.4. The van der Waals surface area contributed by atoms with Crippen molar-refractivity contribution in [2.45, 2.75) is 39.9 Å². The van der Waals surface area contributed by atoms with Crippen molar-refractivity contribution in [1.82, 2.24) is 4.90 Å². The zero-order valence-electron chi connectivity index (χ0n) is 18.1. The predicted octanol–water partition coefficient (Wildman–Crippen LogP) is 2.08. The Hall–Kier alpha value is -2.01. The topological polar surface area (TPSA) is 103 Å². The summed E-state index contributed by atoms with van der Waals surface area (Å²) in [6, 6.07) is 0. The van der Waals surface area contributed by atoms with E-state index in [1.165, 1.54) is 7.11 Å².